The zero-order valence-corrected chi connectivity index (χ0v) is 11.2. The number of hydrogen-bond acceptors (Lipinski definition) is 4. The van der Waals surface area contributed by atoms with Crippen molar-refractivity contribution in [3.05, 3.63) is 0 Å². The van der Waals surface area contributed by atoms with Crippen LogP contribution in [0.25, 0.3) is 0 Å². The normalized spacial score (nSPS) is 36.5. The van der Waals surface area contributed by atoms with E-state index in [9.17, 15) is 0 Å². The molecule has 2 heterocycles. The fourth-order valence-corrected chi connectivity index (χ4v) is 2.97. The van der Waals surface area contributed by atoms with E-state index in [0.717, 1.165) is 13.0 Å². The summed E-state index contributed by atoms with van der Waals surface area (Å²) in [5, 5.41) is 0. The average molecular weight is 242 g/mol. The van der Waals surface area contributed by atoms with E-state index in [0.29, 0.717) is 19.1 Å². The maximum absolute atomic E-state index is 6.08. The Labute approximate surface area is 104 Å². The molecule has 0 amide bonds. The molecule has 2 unspecified atom stereocenters. The van der Waals surface area contributed by atoms with Crippen molar-refractivity contribution in [3.63, 3.8) is 0 Å². The van der Waals surface area contributed by atoms with Gasteiger partial charge >= 0.3 is 0 Å². The largest absolute Gasteiger partial charge is 0.347 e. The Kier molecular flexibility index (Phi) is 4.42. The van der Waals surface area contributed by atoms with E-state index in [4.69, 9.17) is 15.2 Å². The van der Waals surface area contributed by atoms with Gasteiger partial charge in [0, 0.05) is 5.92 Å². The molecule has 0 radical (unpaired) electrons. The number of piperidine rings is 1. The Hall–Kier alpha value is -0.160. The molecule has 17 heavy (non-hydrogen) atoms. The minimum Gasteiger partial charge on any atom is -0.347 e. The highest BCUT2D eigenvalue weighted by atomic mass is 16.7. The molecular weight excluding hydrogens is 216 g/mol. The van der Waals surface area contributed by atoms with Gasteiger partial charge < -0.3 is 20.1 Å². The van der Waals surface area contributed by atoms with E-state index < -0.39 is 0 Å². The summed E-state index contributed by atoms with van der Waals surface area (Å²) in [5.41, 5.74) is 5.57. The third kappa shape index (κ3) is 2.99. The van der Waals surface area contributed by atoms with Crippen LogP contribution in [-0.4, -0.2) is 49.6 Å². The molecule has 0 aromatic carbocycles. The molecule has 2 rings (SSSR count). The van der Waals surface area contributed by atoms with Crippen LogP contribution in [0.4, 0.5) is 0 Å². The Bertz CT molecular complexity index is 242. The molecule has 2 saturated heterocycles. The number of ether oxygens (including phenoxy) is 2. The number of nitrogens with zero attached hydrogens (tertiary/aromatic N) is 1. The van der Waals surface area contributed by atoms with Gasteiger partial charge in [-0.1, -0.05) is 6.92 Å². The molecule has 0 saturated carbocycles. The smallest absolute Gasteiger partial charge is 0.168 e. The van der Waals surface area contributed by atoms with Crippen LogP contribution in [0.15, 0.2) is 0 Å². The second-order valence-electron chi connectivity index (χ2n) is 5.35. The fourth-order valence-electron chi connectivity index (χ4n) is 2.97. The Morgan fingerprint density at radius 2 is 2.06 bits per heavy atom. The average Bonchev–Trinajstić information content (AvgIpc) is 2.73. The molecule has 2 aliphatic heterocycles. The quantitative estimate of drug-likeness (QED) is 0.804. The highest BCUT2D eigenvalue weighted by Crippen LogP contribution is 2.37. The van der Waals surface area contributed by atoms with Gasteiger partial charge in [-0.15, -0.1) is 0 Å². The van der Waals surface area contributed by atoms with Crippen molar-refractivity contribution in [1.82, 2.24) is 4.90 Å². The number of nitrogens with two attached hydrogens (primary N) is 1. The molecule has 100 valence electrons. The third-order valence-electron chi connectivity index (χ3n) is 4.22. The lowest BCUT2D eigenvalue weighted by Crippen LogP contribution is -2.44. The molecule has 0 aromatic heterocycles. The van der Waals surface area contributed by atoms with Crippen molar-refractivity contribution in [2.45, 2.75) is 45.0 Å². The molecule has 4 heteroatoms. The first-order valence-corrected chi connectivity index (χ1v) is 6.92. The lowest BCUT2D eigenvalue weighted by atomic mass is 9.89. The van der Waals surface area contributed by atoms with Crippen LogP contribution in [0.3, 0.4) is 0 Å². The van der Waals surface area contributed by atoms with Crippen LogP contribution in [0.5, 0.6) is 0 Å². The summed E-state index contributed by atoms with van der Waals surface area (Å²) in [6.45, 7) is 9.22. The zero-order chi connectivity index (χ0) is 12.3. The molecule has 2 fully saturated rings. The summed E-state index contributed by atoms with van der Waals surface area (Å²) in [5.74, 6) is 0.174. The summed E-state index contributed by atoms with van der Waals surface area (Å²) in [4.78, 5) is 2.49. The monoisotopic (exact) mass is 242 g/mol. The second kappa shape index (κ2) is 5.65. The van der Waals surface area contributed by atoms with Gasteiger partial charge in [0.1, 0.15) is 0 Å². The summed E-state index contributed by atoms with van der Waals surface area (Å²) in [7, 11) is 0. The van der Waals surface area contributed by atoms with E-state index in [1.165, 1.54) is 25.9 Å². The van der Waals surface area contributed by atoms with E-state index in [1.807, 2.05) is 0 Å². The molecule has 2 aliphatic rings. The van der Waals surface area contributed by atoms with Gasteiger partial charge in [-0.25, -0.2) is 0 Å². The van der Waals surface area contributed by atoms with Gasteiger partial charge in [0.15, 0.2) is 5.79 Å². The topological polar surface area (TPSA) is 47.7 Å². The molecule has 2 atom stereocenters. The van der Waals surface area contributed by atoms with Gasteiger partial charge in [-0.2, -0.15) is 0 Å². The van der Waals surface area contributed by atoms with Crippen molar-refractivity contribution in [2.24, 2.45) is 11.7 Å². The lowest BCUT2D eigenvalue weighted by Gasteiger charge is -2.39. The maximum atomic E-state index is 6.08. The summed E-state index contributed by atoms with van der Waals surface area (Å²) >= 11 is 0. The first-order valence-electron chi connectivity index (χ1n) is 6.92. The minimum atomic E-state index is -0.361. The molecular formula is C13H26N2O2. The summed E-state index contributed by atoms with van der Waals surface area (Å²) in [6, 6.07) is 0. The maximum Gasteiger partial charge on any atom is 0.168 e. The molecule has 0 aromatic rings. The van der Waals surface area contributed by atoms with Crippen LogP contribution in [0, 0.1) is 5.92 Å². The number of rotatable bonds is 4. The second-order valence-corrected chi connectivity index (χ2v) is 5.35. The van der Waals surface area contributed by atoms with Crippen molar-refractivity contribution >= 4 is 0 Å². The first-order chi connectivity index (χ1) is 8.18. The zero-order valence-electron chi connectivity index (χ0n) is 11.2. The Balaban J connectivity index is 1.85. The van der Waals surface area contributed by atoms with E-state index >= 15 is 0 Å². The lowest BCUT2D eigenvalue weighted by molar-refractivity contribution is -0.200. The predicted octanol–water partition coefficient (Wildman–Crippen LogP) is 1.20. The van der Waals surface area contributed by atoms with Gasteiger partial charge in [0.2, 0.25) is 0 Å². The number of hydrogen-bond donors (Lipinski definition) is 1. The Morgan fingerprint density at radius 1 is 1.35 bits per heavy atom. The van der Waals surface area contributed by atoms with Gasteiger partial charge in [0.25, 0.3) is 0 Å². The molecule has 0 bridgehead atoms. The number of likely N-dealkylation sites (tertiary alicyclic amines) is 1. The van der Waals surface area contributed by atoms with Gasteiger partial charge in [-0.05, 0) is 52.4 Å². The van der Waals surface area contributed by atoms with Crippen LogP contribution in [0.2, 0.25) is 0 Å². The molecule has 0 aliphatic carbocycles. The highest BCUT2D eigenvalue weighted by molar-refractivity contribution is 4.86. The first kappa shape index (κ1) is 13.3. The molecule has 0 spiro atoms. The fraction of sp³-hybridized carbons (Fsp3) is 1.00. The summed E-state index contributed by atoms with van der Waals surface area (Å²) in [6.07, 6.45) is 3.47. The van der Waals surface area contributed by atoms with Crippen molar-refractivity contribution in [1.29, 1.82) is 0 Å². The molecule has 4 nitrogen and oxygen atoms in total. The van der Waals surface area contributed by atoms with Crippen LogP contribution >= 0.6 is 0 Å². The summed E-state index contributed by atoms with van der Waals surface area (Å²) < 4.78 is 12.0. The predicted molar refractivity (Wildman–Crippen MR) is 67.7 cm³/mol. The van der Waals surface area contributed by atoms with E-state index in [2.05, 4.69) is 18.7 Å². The van der Waals surface area contributed by atoms with Crippen LogP contribution in [0.1, 0.15) is 33.1 Å². The van der Waals surface area contributed by atoms with Gasteiger partial charge in [-0.3, -0.25) is 0 Å². The standard InChI is InChI=1S/C13H26N2O2/c1-3-15-8-5-11(6-9-15)13(2)16-10-12(17-13)4-7-14/h11-12H,3-10,14H2,1-2H3. The van der Waals surface area contributed by atoms with Gasteiger partial charge in [0.05, 0.1) is 12.7 Å². The molecule has 2 N–H and O–H groups in total. The van der Waals surface area contributed by atoms with Crippen molar-refractivity contribution < 1.29 is 9.47 Å². The third-order valence-corrected chi connectivity index (χ3v) is 4.22. The highest BCUT2D eigenvalue weighted by Gasteiger charge is 2.44. The van der Waals surface area contributed by atoms with Crippen LogP contribution in [-0.2, 0) is 9.47 Å². The van der Waals surface area contributed by atoms with E-state index in [-0.39, 0.29) is 11.9 Å². The van der Waals surface area contributed by atoms with Crippen LogP contribution < -0.4 is 5.73 Å². The van der Waals surface area contributed by atoms with E-state index in [1.54, 1.807) is 0 Å². The minimum absolute atomic E-state index is 0.203. The van der Waals surface area contributed by atoms with Crippen molar-refractivity contribution in [2.75, 3.05) is 32.8 Å². The Morgan fingerprint density at radius 3 is 2.65 bits per heavy atom. The van der Waals surface area contributed by atoms with Crippen molar-refractivity contribution in [3.8, 4) is 0 Å². The SMILES string of the molecule is CCN1CCC(C2(C)OCC(CCN)O2)CC1.